The number of halogens is 1. The van der Waals surface area contributed by atoms with Crippen LogP contribution in [0.3, 0.4) is 0 Å². The number of amides is 1. The Morgan fingerprint density at radius 2 is 1.93 bits per heavy atom. The molecule has 1 atom stereocenters. The van der Waals surface area contributed by atoms with Crippen LogP contribution in [-0.4, -0.2) is 40.0 Å². The predicted molar refractivity (Wildman–Crippen MR) is 110 cm³/mol. The lowest BCUT2D eigenvalue weighted by molar-refractivity contribution is -0.119. The second kappa shape index (κ2) is 8.45. The van der Waals surface area contributed by atoms with Gasteiger partial charge in [0.25, 0.3) is 0 Å². The molecule has 150 valence electrons. The highest BCUT2D eigenvalue weighted by Gasteiger charge is 2.27. The van der Waals surface area contributed by atoms with Crippen LogP contribution in [0.2, 0.25) is 5.02 Å². The molecule has 0 radical (unpaired) electrons. The molecule has 0 saturated carbocycles. The van der Waals surface area contributed by atoms with Gasteiger partial charge in [-0.3, -0.25) is 14.7 Å². The number of nitrogens with zero attached hydrogens (tertiary/aromatic N) is 2. The molecule has 3 rings (SSSR count). The minimum Gasteiger partial charge on any atom is -0.478 e. The monoisotopic (exact) mass is 403 g/mol. The number of hydrogen-bond acceptors (Lipinski definition) is 4. The smallest absolute Gasteiger partial charge is 0.335 e. The Hall–Kier alpha value is -2.18. The fraction of sp³-hybridized carbons (Fsp3) is 0.476. The zero-order valence-corrected chi connectivity index (χ0v) is 17.1. The number of carboxylic acid groups (broad SMARTS) is 1. The summed E-state index contributed by atoms with van der Waals surface area (Å²) in [5.41, 5.74) is 8.96. The Kier molecular flexibility index (Phi) is 6.20. The maximum atomic E-state index is 11.8. The van der Waals surface area contributed by atoms with Crippen molar-refractivity contribution in [2.75, 3.05) is 13.1 Å². The molecule has 3 N–H and O–H groups in total. The van der Waals surface area contributed by atoms with Crippen LogP contribution in [0.15, 0.2) is 12.1 Å². The van der Waals surface area contributed by atoms with Crippen LogP contribution in [0.25, 0.3) is 10.9 Å². The van der Waals surface area contributed by atoms with Crippen molar-refractivity contribution in [1.29, 1.82) is 0 Å². The summed E-state index contributed by atoms with van der Waals surface area (Å²) in [6.07, 6.45) is 3.91. The van der Waals surface area contributed by atoms with Gasteiger partial charge in [0.15, 0.2) is 0 Å². The van der Waals surface area contributed by atoms with E-state index in [2.05, 4.69) is 4.90 Å². The molecule has 1 aliphatic carbocycles. The van der Waals surface area contributed by atoms with E-state index in [-0.39, 0.29) is 18.0 Å². The maximum absolute atomic E-state index is 11.8. The third kappa shape index (κ3) is 3.84. The lowest BCUT2D eigenvalue weighted by atomic mass is 9.90. The van der Waals surface area contributed by atoms with Crippen molar-refractivity contribution in [3.8, 4) is 0 Å². The topological polar surface area (TPSA) is 96.5 Å². The SMILES string of the molecule is CCN(CC)C(CC(N)=O)c1cc(C(=O)O)cc2nc3c(c(Cl)c12)CCCC3. The number of carbonyl (C=O) groups excluding carboxylic acids is 1. The number of carbonyl (C=O) groups is 2. The number of hydrogen-bond donors (Lipinski definition) is 2. The van der Waals surface area contributed by atoms with Crippen molar-refractivity contribution in [2.45, 2.75) is 52.0 Å². The van der Waals surface area contributed by atoms with Gasteiger partial charge < -0.3 is 10.8 Å². The van der Waals surface area contributed by atoms with Gasteiger partial charge in [-0.15, -0.1) is 0 Å². The molecule has 0 saturated heterocycles. The molecule has 0 aliphatic heterocycles. The van der Waals surface area contributed by atoms with Crippen LogP contribution >= 0.6 is 11.6 Å². The Labute approximate surface area is 169 Å². The van der Waals surface area contributed by atoms with Crippen LogP contribution in [0, 0.1) is 0 Å². The number of fused-ring (bicyclic) bond motifs is 2. The van der Waals surface area contributed by atoms with Gasteiger partial charge in [-0.05, 0) is 62.0 Å². The maximum Gasteiger partial charge on any atom is 0.335 e. The molecule has 1 unspecified atom stereocenters. The lowest BCUT2D eigenvalue weighted by Crippen LogP contribution is -2.32. The highest BCUT2D eigenvalue weighted by Crippen LogP contribution is 2.39. The molecule has 1 aromatic carbocycles. The first-order valence-electron chi connectivity index (χ1n) is 9.77. The molecule has 6 nitrogen and oxygen atoms in total. The average Bonchev–Trinajstić information content (AvgIpc) is 2.67. The van der Waals surface area contributed by atoms with E-state index in [0.717, 1.165) is 42.3 Å². The van der Waals surface area contributed by atoms with Gasteiger partial charge in [-0.2, -0.15) is 0 Å². The van der Waals surface area contributed by atoms with E-state index >= 15 is 0 Å². The zero-order chi connectivity index (χ0) is 20.4. The third-order valence-electron chi connectivity index (χ3n) is 5.58. The zero-order valence-electron chi connectivity index (χ0n) is 16.3. The highest BCUT2D eigenvalue weighted by molar-refractivity contribution is 6.36. The molecule has 0 fully saturated rings. The molecule has 28 heavy (non-hydrogen) atoms. The first-order valence-corrected chi connectivity index (χ1v) is 10.2. The van der Waals surface area contributed by atoms with Crippen molar-refractivity contribution in [2.24, 2.45) is 5.73 Å². The normalized spacial score (nSPS) is 14.9. The van der Waals surface area contributed by atoms with E-state index in [1.807, 2.05) is 13.8 Å². The summed E-state index contributed by atoms with van der Waals surface area (Å²) in [6.45, 7) is 5.40. The van der Waals surface area contributed by atoms with E-state index < -0.39 is 11.9 Å². The number of rotatable bonds is 7. The van der Waals surface area contributed by atoms with E-state index in [4.69, 9.17) is 22.3 Å². The minimum absolute atomic E-state index is 0.0905. The molecule has 0 spiro atoms. The van der Waals surface area contributed by atoms with Crippen molar-refractivity contribution in [1.82, 2.24) is 9.88 Å². The van der Waals surface area contributed by atoms with E-state index in [0.29, 0.717) is 29.2 Å². The molecule has 1 aliphatic rings. The number of aromatic carboxylic acids is 1. The molecular weight excluding hydrogens is 378 g/mol. The predicted octanol–water partition coefficient (Wildman–Crippen LogP) is 3.72. The standard InChI is InChI=1S/C21H26ClN3O3/c1-3-25(4-2)17(11-18(23)26)14-9-12(21(27)28)10-16-19(14)20(22)13-7-5-6-8-15(13)24-16/h9-10,17H,3-8,11H2,1-2H3,(H2,23,26)(H,27,28). The number of pyridine rings is 1. The number of carboxylic acids is 1. The van der Waals surface area contributed by atoms with Gasteiger partial charge in [0.1, 0.15) is 0 Å². The van der Waals surface area contributed by atoms with E-state index in [1.54, 1.807) is 12.1 Å². The first kappa shape index (κ1) is 20.6. The van der Waals surface area contributed by atoms with Gasteiger partial charge in [0.05, 0.1) is 16.1 Å². The second-order valence-electron chi connectivity index (χ2n) is 7.23. The van der Waals surface area contributed by atoms with Crippen molar-refractivity contribution >= 4 is 34.4 Å². The van der Waals surface area contributed by atoms with Gasteiger partial charge >= 0.3 is 5.97 Å². The number of aromatic nitrogens is 1. The van der Waals surface area contributed by atoms with Gasteiger partial charge in [-0.1, -0.05) is 25.4 Å². The van der Waals surface area contributed by atoms with Gasteiger partial charge in [0.2, 0.25) is 5.91 Å². The fourth-order valence-corrected chi connectivity index (χ4v) is 4.61. The van der Waals surface area contributed by atoms with Crippen LogP contribution < -0.4 is 5.73 Å². The summed E-state index contributed by atoms with van der Waals surface area (Å²) >= 11 is 6.85. The molecule has 1 amide bonds. The summed E-state index contributed by atoms with van der Waals surface area (Å²) in [4.78, 5) is 30.4. The molecule has 1 heterocycles. The number of nitrogens with two attached hydrogens (primary N) is 1. The highest BCUT2D eigenvalue weighted by atomic mass is 35.5. The average molecular weight is 404 g/mol. The first-order chi connectivity index (χ1) is 13.4. The van der Waals surface area contributed by atoms with Crippen molar-refractivity contribution < 1.29 is 14.7 Å². The van der Waals surface area contributed by atoms with Crippen molar-refractivity contribution in [3.63, 3.8) is 0 Å². The Morgan fingerprint density at radius 3 is 2.54 bits per heavy atom. The molecule has 2 aromatic rings. The van der Waals surface area contributed by atoms with Crippen LogP contribution in [0.1, 0.15) is 66.3 Å². The summed E-state index contributed by atoms with van der Waals surface area (Å²) < 4.78 is 0. The van der Waals surface area contributed by atoms with E-state index in [1.165, 1.54) is 0 Å². The molecule has 0 bridgehead atoms. The van der Waals surface area contributed by atoms with Gasteiger partial charge in [0, 0.05) is 23.5 Å². The molecule has 7 heteroatoms. The number of primary amides is 1. The number of benzene rings is 1. The summed E-state index contributed by atoms with van der Waals surface area (Å²) in [6, 6.07) is 2.85. The van der Waals surface area contributed by atoms with Gasteiger partial charge in [-0.25, -0.2) is 4.79 Å². The Morgan fingerprint density at radius 1 is 1.25 bits per heavy atom. The second-order valence-corrected chi connectivity index (χ2v) is 7.61. The Balaban J connectivity index is 2.34. The lowest BCUT2D eigenvalue weighted by Gasteiger charge is -2.31. The largest absolute Gasteiger partial charge is 0.478 e. The minimum atomic E-state index is -1.03. The van der Waals surface area contributed by atoms with Crippen LogP contribution in [0.4, 0.5) is 0 Å². The molecular formula is C21H26ClN3O3. The van der Waals surface area contributed by atoms with E-state index in [9.17, 15) is 14.7 Å². The summed E-state index contributed by atoms with van der Waals surface area (Å²) in [7, 11) is 0. The van der Waals surface area contributed by atoms with Crippen molar-refractivity contribution in [3.05, 3.63) is 39.5 Å². The summed E-state index contributed by atoms with van der Waals surface area (Å²) in [5, 5.41) is 11.0. The quantitative estimate of drug-likeness (QED) is 0.734. The molecule has 1 aromatic heterocycles. The van der Waals surface area contributed by atoms with Crippen LogP contribution in [-0.2, 0) is 17.6 Å². The summed E-state index contributed by atoms with van der Waals surface area (Å²) in [5.74, 6) is -1.47. The third-order valence-corrected chi connectivity index (χ3v) is 6.00. The Bertz CT molecular complexity index is 925. The van der Waals surface area contributed by atoms with Crippen LogP contribution in [0.5, 0.6) is 0 Å². The fourth-order valence-electron chi connectivity index (χ4n) is 4.20. The number of aryl methyl sites for hydroxylation is 1.